The van der Waals surface area contributed by atoms with Gasteiger partial charge in [0.25, 0.3) is 0 Å². The fraction of sp³-hybridized carbons (Fsp3) is 0.412. The van der Waals surface area contributed by atoms with E-state index < -0.39 is 12.6 Å². The molecule has 2 aromatic rings. The molecule has 0 bridgehead atoms. The Hall–Kier alpha value is -1.25. The van der Waals surface area contributed by atoms with Gasteiger partial charge in [-0.15, -0.1) is 0 Å². The maximum atomic E-state index is 13.6. The van der Waals surface area contributed by atoms with Crippen LogP contribution in [0.2, 0.25) is 0 Å². The predicted octanol–water partition coefficient (Wildman–Crippen LogP) is 5.23. The number of rotatable bonds is 8. The van der Waals surface area contributed by atoms with Crippen LogP contribution in [0.15, 0.2) is 36.4 Å². The highest BCUT2D eigenvalue weighted by molar-refractivity contribution is 9.09. The molecule has 0 saturated carbocycles. The summed E-state index contributed by atoms with van der Waals surface area (Å²) in [4.78, 5) is 11.3. The van der Waals surface area contributed by atoms with Gasteiger partial charge in [0.15, 0.2) is 0 Å². The summed E-state index contributed by atoms with van der Waals surface area (Å²) in [5, 5.41) is 11.7. The second-order valence-electron chi connectivity index (χ2n) is 6.10. The summed E-state index contributed by atoms with van der Waals surface area (Å²) in [6.07, 6.45) is 0.908. The van der Waals surface area contributed by atoms with Crippen LogP contribution in [0.4, 0.5) is 5.00 Å². The average molecular weight is 474 g/mol. The monoisotopic (exact) mass is 473 g/mol. The van der Waals surface area contributed by atoms with E-state index in [0.717, 1.165) is 53.2 Å². The Morgan fingerprint density at radius 1 is 1.19 bits per heavy atom. The zero-order chi connectivity index (χ0) is 19.4. The number of halogens is 1. The zero-order valence-electron chi connectivity index (χ0n) is 14.9. The predicted molar refractivity (Wildman–Crippen MR) is 112 cm³/mol. The summed E-state index contributed by atoms with van der Waals surface area (Å²) in [6, 6.07) is 10.5. The maximum Gasteiger partial charge on any atom is 0.395 e. The van der Waals surface area contributed by atoms with E-state index in [1.165, 1.54) is 6.07 Å². The minimum atomic E-state index is -3.09. The highest BCUT2D eigenvalue weighted by atomic mass is 79.9. The molecule has 10 heteroatoms. The van der Waals surface area contributed by atoms with Gasteiger partial charge in [0.05, 0.1) is 4.92 Å². The quantitative estimate of drug-likeness (QED) is 0.226. The molecule has 1 atom stereocenters. The highest BCUT2D eigenvalue weighted by Gasteiger charge is 2.44. The van der Waals surface area contributed by atoms with Gasteiger partial charge in [-0.25, -0.2) is 13.9 Å². The Morgan fingerprint density at radius 2 is 1.85 bits per heavy atom. The van der Waals surface area contributed by atoms with Crippen molar-refractivity contribution in [2.45, 2.75) is 13.3 Å². The zero-order valence-corrected chi connectivity index (χ0v) is 18.2. The normalized spacial score (nSPS) is 20.8. The van der Waals surface area contributed by atoms with Gasteiger partial charge in [0.2, 0.25) is 0 Å². The lowest BCUT2D eigenvalue weighted by Crippen LogP contribution is -2.25. The Bertz CT molecular complexity index is 827. The van der Waals surface area contributed by atoms with Crippen molar-refractivity contribution < 1.29 is 14.0 Å². The first kappa shape index (κ1) is 20.5. The number of hydrogen-bond acceptors (Lipinski definition) is 5. The standard InChI is InChI=1S/C17H21BrN3O4PS/c1-2-10-19-12-13-20(11-9-18)26(19,24)25-15-5-3-14(4-6-15)16-7-8-17(27-16)21(22)23/h3-8H,2,9-13H2,1H3. The Balaban J connectivity index is 1.79. The number of benzene rings is 1. The fourth-order valence-electron chi connectivity index (χ4n) is 3.01. The van der Waals surface area contributed by atoms with E-state index in [9.17, 15) is 14.7 Å². The lowest BCUT2D eigenvalue weighted by molar-refractivity contribution is -0.380. The second-order valence-corrected chi connectivity index (χ2v) is 10.2. The Labute approximate surface area is 170 Å². The third-order valence-electron chi connectivity index (χ3n) is 4.29. The van der Waals surface area contributed by atoms with Crippen LogP contribution >= 0.6 is 34.9 Å². The molecule has 0 amide bonds. The van der Waals surface area contributed by atoms with E-state index in [0.29, 0.717) is 12.3 Å². The first-order chi connectivity index (χ1) is 13.0. The van der Waals surface area contributed by atoms with Crippen LogP contribution in [0.1, 0.15) is 13.3 Å². The van der Waals surface area contributed by atoms with Crippen molar-refractivity contribution >= 4 is 39.9 Å². The molecule has 7 nitrogen and oxygen atoms in total. The van der Waals surface area contributed by atoms with E-state index in [1.807, 2.05) is 21.5 Å². The molecule has 2 heterocycles. The van der Waals surface area contributed by atoms with Gasteiger partial charge in [-0.2, -0.15) is 0 Å². The topological polar surface area (TPSA) is 75.9 Å². The van der Waals surface area contributed by atoms with Crippen molar-refractivity contribution in [2.75, 3.05) is 31.5 Å². The van der Waals surface area contributed by atoms with Gasteiger partial charge in [-0.3, -0.25) is 10.1 Å². The molecular formula is C17H21BrN3O4PS. The number of nitro groups is 1. The van der Waals surface area contributed by atoms with Crippen LogP contribution in [-0.2, 0) is 4.57 Å². The molecule has 0 N–H and O–H groups in total. The summed E-state index contributed by atoms with van der Waals surface area (Å²) in [6.45, 7) is 4.91. The smallest absolute Gasteiger partial charge is 0.395 e. The van der Waals surface area contributed by atoms with E-state index in [2.05, 4.69) is 22.9 Å². The average Bonchev–Trinajstić information content (AvgIpc) is 3.24. The molecule has 1 aromatic carbocycles. The minimum absolute atomic E-state index is 0.112. The first-order valence-corrected chi connectivity index (χ1v) is 12.2. The van der Waals surface area contributed by atoms with Gasteiger partial charge >= 0.3 is 12.7 Å². The van der Waals surface area contributed by atoms with Crippen molar-refractivity contribution in [3.8, 4) is 16.2 Å². The van der Waals surface area contributed by atoms with Gasteiger partial charge in [0.1, 0.15) is 5.75 Å². The molecule has 1 aromatic heterocycles. The van der Waals surface area contributed by atoms with Gasteiger partial charge in [-0.1, -0.05) is 34.2 Å². The lowest BCUT2D eigenvalue weighted by Gasteiger charge is -2.29. The molecule has 0 radical (unpaired) electrons. The second kappa shape index (κ2) is 8.84. The molecule has 1 aliphatic heterocycles. The first-order valence-electron chi connectivity index (χ1n) is 8.69. The summed E-state index contributed by atoms with van der Waals surface area (Å²) in [7, 11) is -3.09. The summed E-state index contributed by atoms with van der Waals surface area (Å²) >= 11 is 4.55. The third kappa shape index (κ3) is 4.43. The summed E-state index contributed by atoms with van der Waals surface area (Å²) in [5.74, 6) is 0.538. The molecule has 3 rings (SSSR count). The van der Waals surface area contributed by atoms with E-state index in [1.54, 1.807) is 18.2 Å². The summed E-state index contributed by atoms with van der Waals surface area (Å²) in [5.41, 5.74) is 0.868. The van der Waals surface area contributed by atoms with E-state index in [4.69, 9.17) is 4.52 Å². The van der Waals surface area contributed by atoms with Crippen LogP contribution in [0.5, 0.6) is 5.75 Å². The summed E-state index contributed by atoms with van der Waals surface area (Å²) < 4.78 is 23.5. The van der Waals surface area contributed by atoms with Crippen LogP contribution in [0.25, 0.3) is 10.4 Å². The molecule has 0 spiro atoms. The van der Waals surface area contributed by atoms with Crippen molar-refractivity contribution in [2.24, 2.45) is 0 Å². The van der Waals surface area contributed by atoms with Crippen LogP contribution in [-0.4, -0.2) is 45.8 Å². The SMILES string of the molecule is CCCN1CCN(CCBr)P1(=O)Oc1ccc(-c2ccc([N+](=O)[O-])s2)cc1. The van der Waals surface area contributed by atoms with E-state index >= 15 is 0 Å². The fourth-order valence-corrected chi connectivity index (χ4v) is 7.01. The molecule has 1 unspecified atom stereocenters. The Kier molecular flexibility index (Phi) is 6.70. The molecule has 1 aliphatic rings. The van der Waals surface area contributed by atoms with Crippen molar-refractivity contribution in [3.63, 3.8) is 0 Å². The van der Waals surface area contributed by atoms with Crippen LogP contribution < -0.4 is 4.52 Å². The number of nitrogens with zero attached hydrogens (tertiary/aromatic N) is 3. The van der Waals surface area contributed by atoms with Gasteiger partial charge in [-0.05, 0) is 42.3 Å². The van der Waals surface area contributed by atoms with Gasteiger partial charge in [0, 0.05) is 42.5 Å². The van der Waals surface area contributed by atoms with Crippen molar-refractivity contribution in [1.82, 2.24) is 9.34 Å². The minimum Gasteiger partial charge on any atom is -0.422 e. The Morgan fingerprint density at radius 3 is 2.41 bits per heavy atom. The van der Waals surface area contributed by atoms with Crippen molar-refractivity contribution in [1.29, 1.82) is 0 Å². The van der Waals surface area contributed by atoms with Crippen LogP contribution in [0, 0.1) is 10.1 Å². The number of hydrogen-bond donors (Lipinski definition) is 0. The largest absolute Gasteiger partial charge is 0.422 e. The third-order valence-corrected chi connectivity index (χ3v) is 8.41. The van der Waals surface area contributed by atoms with Crippen molar-refractivity contribution in [3.05, 3.63) is 46.5 Å². The number of thiophene rings is 1. The molecule has 1 fully saturated rings. The maximum absolute atomic E-state index is 13.6. The number of alkyl halides is 1. The van der Waals surface area contributed by atoms with Crippen LogP contribution in [0.3, 0.4) is 0 Å². The molecule has 1 saturated heterocycles. The molecular weight excluding hydrogens is 453 g/mol. The molecule has 146 valence electrons. The molecule has 0 aliphatic carbocycles. The molecule has 27 heavy (non-hydrogen) atoms. The van der Waals surface area contributed by atoms with E-state index in [-0.39, 0.29) is 5.00 Å². The van der Waals surface area contributed by atoms with Gasteiger partial charge < -0.3 is 4.52 Å². The highest BCUT2D eigenvalue weighted by Crippen LogP contribution is 2.57. The lowest BCUT2D eigenvalue weighted by atomic mass is 10.2.